The zero-order chi connectivity index (χ0) is 27.9. The van der Waals surface area contributed by atoms with Crippen LogP contribution in [0.5, 0.6) is 5.75 Å². The number of rotatable bonds is 5. The number of carbonyl (C=O) groups excluding carboxylic acids is 3. The molecule has 2 saturated heterocycles. The molecule has 3 aliphatic rings. The lowest BCUT2D eigenvalue weighted by molar-refractivity contribution is -0.142. The number of likely N-dealkylation sites (N-methyl/N-ethyl adjacent to an activating group) is 1. The summed E-state index contributed by atoms with van der Waals surface area (Å²) in [5.74, 6) is -0.206. The summed E-state index contributed by atoms with van der Waals surface area (Å²) in [5, 5.41) is 0.633. The van der Waals surface area contributed by atoms with Crippen LogP contribution in [0.1, 0.15) is 49.7 Å². The fraction of sp³-hybridized carbons (Fsp3) is 0.500. The second kappa shape index (κ2) is 10.8. The van der Waals surface area contributed by atoms with E-state index < -0.39 is 11.9 Å². The van der Waals surface area contributed by atoms with Crippen molar-refractivity contribution < 1.29 is 23.5 Å². The summed E-state index contributed by atoms with van der Waals surface area (Å²) < 4.78 is 18.8. The van der Waals surface area contributed by atoms with Crippen molar-refractivity contribution in [2.45, 2.75) is 51.5 Å². The molecule has 3 fully saturated rings. The standard InChI is InChI=1S/C30H35ClFN3O4/c1-19-4-5-21(16-25(19)31)24-17-35(18-26(24)33(3)29(38)39-23-8-6-22(32)7-9-23)27(36)20-10-14-34(15-11-20)28(37)30(2)12-13-30/h4-9,16,20,24,26H,10-15,17-18H2,1-3H3. The molecule has 2 aromatic carbocycles. The second-order valence-electron chi connectivity index (χ2n) is 11.5. The monoisotopic (exact) mass is 555 g/mol. The summed E-state index contributed by atoms with van der Waals surface area (Å²) in [6, 6.07) is 10.8. The Balaban J connectivity index is 1.30. The van der Waals surface area contributed by atoms with Crippen LogP contribution in [0.4, 0.5) is 9.18 Å². The molecular formula is C30H35ClFN3O4. The molecule has 2 heterocycles. The van der Waals surface area contributed by atoms with Gasteiger partial charge in [0, 0.05) is 55.5 Å². The van der Waals surface area contributed by atoms with Crippen LogP contribution in [0.15, 0.2) is 42.5 Å². The fourth-order valence-electron chi connectivity index (χ4n) is 5.71. The molecule has 2 aliphatic heterocycles. The minimum atomic E-state index is -0.579. The Hall–Kier alpha value is -3.13. The highest BCUT2D eigenvalue weighted by molar-refractivity contribution is 6.31. The summed E-state index contributed by atoms with van der Waals surface area (Å²) >= 11 is 6.45. The molecule has 0 bridgehead atoms. The van der Waals surface area contributed by atoms with Crippen LogP contribution >= 0.6 is 11.6 Å². The van der Waals surface area contributed by atoms with E-state index in [1.807, 2.05) is 41.8 Å². The molecule has 5 rings (SSSR count). The number of likely N-dealkylation sites (tertiary alicyclic amines) is 2. The third-order valence-electron chi connectivity index (χ3n) is 8.68. The third kappa shape index (κ3) is 5.76. The van der Waals surface area contributed by atoms with Crippen molar-refractivity contribution in [2.24, 2.45) is 11.3 Å². The number of ether oxygens (including phenoxy) is 1. The predicted octanol–water partition coefficient (Wildman–Crippen LogP) is 5.25. The first-order valence-corrected chi connectivity index (χ1v) is 14.0. The molecule has 3 amide bonds. The zero-order valence-corrected chi connectivity index (χ0v) is 23.4. The Morgan fingerprint density at radius 3 is 2.31 bits per heavy atom. The van der Waals surface area contributed by atoms with E-state index >= 15 is 0 Å². The van der Waals surface area contributed by atoms with Gasteiger partial charge in [0.25, 0.3) is 0 Å². The van der Waals surface area contributed by atoms with Gasteiger partial charge in [0.05, 0.1) is 6.04 Å². The summed E-state index contributed by atoms with van der Waals surface area (Å²) in [4.78, 5) is 44.8. The zero-order valence-electron chi connectivity index (χ0n) is 22.7. The molecule has 0 N–H and O–H groups in total. The summed E-state index contributed by atoms with van der Waals surface area (Å²) in [7, 11) is 1.66. The van der Waals surface area contributed by atoms with Gasteiger partial charge in [-0.2, -0.15) is 0 Å². The maximum atomic E-state index is 13.7. The van der Waals surface area contributed by atoms with E-state index in [0.29, 0.717) is 44.0 Å². The highest BCUT2D eigenvalue weighted by Crippen LogP contribution is 2.47. The van der Waals surface area contributed by atoms with Crippen molar-refractivity contribution in [3.05, 3.63) is 64.4 Å². The molecular weight excluding hydrogens is 521 g/mol. The number of carbonyl (C=O) groups is 3. The predicted molar refractivity (Wildman–Crippen MR) is 146 cm³/mol. The van der Waals surface area contributed by atoms with Gasteiger partial charge >= 0.3 is 6.09 Å². The maximum Gasteiger partial charge on any atom is 0.415 e. The topological polar surface area (TPSA) is 70.2 Å². The van der Waals surface area contributed by atoms with E-state index in [4.69, 9.17) is 16.3 Å². The van der Waals surface area contributed by atoms with Crippen LogP contribution in [-0.4, -0.2) is 71.9 Å². The van der Waals surface area contributed by atoms with Gasteiger partial charge in [-0.05, 0) is 74.1 Å². The Morgan fingerprint density at radius 2 is 1.69 bits per heavy atom. The molecule has 0 aromatic heterocycles. The van der Waals surface area contributed by atoms with E-state index in [1.54, 1.807) is 7.05 Å². The largest absolute Gasteiger partial charge is 0.415 e. The molecule has 1 aliphatic carbocycles. The Labute approximate surface area is 233 Å². The van der Waals surface area contributed by atoms with Crippen LogP contribution in [0, 0.1) is 24.1 Å². The summed E-state index contributed by atoms with van der Waals surface area (Å²) in [6.07, 6.45) is 2.60. The smallest absolute Gasteiger partial charge is 0.410 e. The molecule has 0 radical (unpaired) electrons. The molecule has 9 heteroatoms. The van der Waals surface area contributed by atoms with Gasteiger partial charge in [-0.1, -0.05) is 30.7 Å². The SMILES string of the molecule is Cc1ccc(C2CN(C(=O)C3CCN(C(=O)C4(C)CC4)CC3)CC2N(C)C(=O)Oc2ccc(F)cc2)cc1Cl. The van der Waals surface area contributed by atoms with Gasteiger partial charge in [0.1, 0.15) is 11.6 Å². The first-order valence-electron chi connectivity index (χ1n) is 13.6. The average molecular weight is 556 g/mol. The lowest BCUT2D eigenvalue weighted by Gasteiger charge is -2.34. The molecule has 39 heavy (non-hydrogen) atoms. The van der Waals surface area contributed by atoms with Crippen molar-refractivity contribution in [1.82, 2.24) is 14.7 Å². The minimum Gasteiger partial charge on any atom is -0.410 e. The number of amides is 3. The van der Waals surface area contributed by atoms with Crippen LogP contribution in [-0.2, 0) is 9.59 Å². The minimum absolute atomic E-state index is 0.0609. The third-order valence-corrected chi connectivity index (χ3v) is 9.08. The van der Waals surface area contributed by atoms with Gasteiger partial charge in [0.15, 0.2) is 0 Å². The number of halogens is 2. The Bertz CT molecular complexity index is 1260. The van der Waals surface area contributed by atoms with E-state index in [0.717, 1.165) is 24.0 Å². The van der Waals surface area contributed by atoms with Gasteiger partial charge in [-0.3, -0.25) is 9.59 Å². The number of hydrogen-bond donors (Lipinski definition) is 0. The van der Waals surface area contributed by atoms with E-state index in [-0.39, 0.29) is 40.9 Å². The molecule has 2 aromatic rings. The van der Waals surface area contributed by atoms with Crippen molar-refractivity contribution in [1.29, 1.82) is 0 Å². The normalized spacial score (nSPS) is 22.5. The summed E-state index contributed by atoms with van der Waals surface area (Å²) in [5.41, 5.74) is 1.70. The second-order valence-corrected chi connectivity index (χ2v) is 11.9. The molecule has 208 valence electrons. The van der Waals surface area contributed by atoms with Crippen molar-refractivity contribution in [3.8, 4) is 5.75 Å². The molecule has 1 saturated carbocycles. The lowest BCUT2D eigenvalue weighted by atomic mass is 9.92. The lowest BCUT2D eigenvalue weighted by Crippen LogP contribution is -2.46. The average Bonchev–Trinajstić information content (AvgIpc) is 3.53. The van der Waals surface area contributed by atoms with E-state index in [1.165, 1.54) is 29.2 Å². The number of piperidine rings is 1. The Kier molecular flexibility index (Phi) is 7.60. The van der Waals surface area contributed by atoms with Crippen LogP contribution in [0.25, 0.3) is 0 Å². The van der Waals surface area contributed by atoms with E-state index in [9.17, 15) is 18.8 Å². The van der Waals surface area contributed by atoms with Crippen LogP contribution < -0.4 is 4.74 Å². The maximum absolute atomic E-state index is 13.7. The summed E-state index contributed by atoms with van der Waals surface area (Å²) in [6.45, 7) is 5.97. The molecule has 2 unspecified atom stereocenters. The van der Waals surface area contributed by atoms with Gasteiger partial charge in [0.2, 0.25) is 11.8 Å². The fourth-order valence-corrected chi connectivity index (χ4v) is 5.90. The Morgan fingerprint density at radius 1 is 1.03 bits per heavy atom. The van der Waals surface area contributed by atoms with Gasteiger partial charge < -0.3 is 19.4 Å². The number of benzene rings is 2. The van der Waals surface area contributed by atoms with Crippen LogP contribution in [0.2, 0.25) is 5.02 Å². The quantitative estimate of drug-likeness (QED) is 0.505. The van der Waals surface area contributed by atoms with Gasteiger partial charge in [-0.15, -0.1) is 0 Å². The molecule has 0 spiro atoms. The first kappa shape index (κ1) is 27.4. The first-order chi connectivity index (χ1) is 18.6. The highest BCUT2D eigenvalue weighted by atomic mass is 35.5. The van der Waals surface area contributed by atoms with Crippen molar-refractivity contribution in [3.63, 3.8) is 0 Å². The van der Waals surface area contributed by atoms with E-state index in [2.05, 4.69) is 0 Å². The number of aryl methyl sites for hydroxylation is 1. The van der Waals surface area contributed by atoms with Gasteiger partial charge in [-0.25, -0.2) is 9.18 Å². The molecule has 7 nitrogen and oxygen atoms in total. The van der Waals surface area contributed by atoms with Crippen molar-refractivity contribution >= 4 is 29.5 Å². The highest BCUT2D eigenvalue weighted by Gasteiger charge is 2.48. The molecule has 2 atom stereocenters. The number of nitrogens with zero attached hydrogens (tertiary/aromatic N) is 3. The van der Waals surface area contributed by atoms with Crippen LogP contribution in [0.3, 0.4) is 0 Å². The van der Waals surface area contributed by atoms with Crippen molar-refractivity contribution in [2.75, 3.05) is 33.2 Å². The number of hydrogen-bond acceptors (Lipinski definition) is 4.